The highest BCUT2D eigenvalue weighted by molar-refractivity contribution is 7.90. The fourth-order valence-electron chi connectivity index (χ4n) is 3.23. The number of carbonyl (C=O) groups excluding carboxylic acids is 1. The van der Waals surface area contributed by atoms with Gasteiger partial charge in [-0.05, 0) is 32.2 Å². The van der Waals surface area contributed by atoms with E-state index in [1.54, 1.807) is 11.9 Å². The van der Waals surface area contributed by atoms with Gasteiger partial charge in [-0.15, -0.1) is 0 Å². The number of halogens is 3. The summed E-state index contributed by atoms with van der Waals surface area (Å²) in [5, 5.41) is 0. The normalized spacial score (nSPS) is 31.9. The lowest BCUT2D eigenvalue weighted by molar-refractivity contribution is -0.124. The third-order valence-corrected chi connectivity index (χ3v) is 5.33. The SMILES string of the molecule is CN1C(C(=O)NS(=O)(=O)C(F)(F)F)CC2CCCCC21. The summed E-state index contributed by atoms with van der Waals surface area (Å²) in [5.74, 6) is -0.822. The molecule has 20 heavy (non-hydrogen) atoms. The predicted octanol–water partition coefficient (Wildman–Crippen LogP) is 1.22. The largest absolute Gasteiger partial charge is 0.516 e. The lowest BCUT2D eigenvalue weighted by Gasteiger charge is -2.30. The van der Waals surface area contributed by atoms with Crippen LogP contribution in [0.25, 0.3) is 0 Å². The van der Waals surface area contributed by atoms with Crippen molar-refractivity contribution < 1.29 is 26.4 Å². The fraction of sp³-hybridized carbons (Fsp3) is 0.909. The molecule has 0 aromatic rings. The summed E-state index contributed by atoms with van der Waals surface area (Å²) in [6, 6.07) is -0.645. The summed E-state index contributed by atoms with van der Waals surface area (Å²) in [6.45, 7) is 0. The van der Waals surface area contributed by atoms with E-state index in [4.69, 9.17) is 0 Å². The highest BCUT2D eigenvalue weighted by Gasteiger charge is 2.50. The molecule has 9 heteroatoms. The third-order valence-electron chi connectivity index (χ3n) is 4.25. The van der Waals surface area contributed by atoms with Crippen LogP contribution in [0.3, 0.4) is 0 Å². The topological polar surface area (TPSA) is 66.5 Å². The Hall–Kier alpha value is -0.830. The van der Waals surface area contributed by atoms with Gasteiger partial charge in [0.2, 0.25) is 0 Å². The summed E-state index contributed by atoms with van der Waals surface area (Å²) in [7, 11) is -3.95. The van der Waals surface area contributed by atoms with E-state index in [-0.39, 0.29) is 12.0 Å². The van der Waals surface area contributed by atoms with Crippen LogP contribution in [0.2, 0.25) is 0 Å². The van der Waals surface area contributed by atoms with Crippen molar-refractivity contribution in [2.75, 3.05) is 7.05 Å². The van der Waals surface area contributed by atoms with E-state index in [9.17, 15) is 26.4 Å². The van der Waals surface area contributed by atoms with Crippen LogP contribution in [-0.4, -0.2) is 43.9 Å². The molecule has 0 radical (unpaired) electrons. The Balaban J connectivity index is 2.07. The smallest absolute Gasteiger partial charge is 0.292 e. The lowest BCUT2D eigenvalue weighted by atomic mass is 9.85. The molecule has 116 valence electrons. The van der Waals surface area contributed by atoms with Crippen molar-refractivity contribution in [3.63, 3.8) is 0 Å². The zero-order valence-corrected chi connectivity index (χ0v) is 11.8. The summed E-state index contributed by atoms with van der Waals surface area (Å²) in [6.07, 6.45) is 4.33. The minimum Gasteiger partial charge on any atom is -0.292 e. The predicted molar refractivity (Wildman–Crippen MR) is 65.0 cm³/mol. The highest BCUT2D eigenvalue weighted by Crippen LogP contribution is 2.38. The average molecular weight is 314 g/mol. The number of likely N-dealkylation sites (N-methyl/N-ethyl adjacent to an activating group) is 1. The van der Waals surface area contributed by atoms with Gasteiger partial charge >= 0.3 is 15.5 Å². The van der Waals surface area contributed by atoms with Crippen LogP contribution in [0.15, 0.2) is 0 Å². The van der Waals surface area contributed by atoms with E-state index in [0.717, 1.165) is 30.4 Å². The number of amides is 1. The molecule has 5 nitrogen and oxygen atoms in total. The monoisotopic (exact) mass is 314 g/mol. The number of likely N-dealkylation sites (tertiary alicyclic amines) is 1. The van der Waals surface area contributed by atoms with Gasteiger partial charge in [0, 0.05) is 6.04 Å². The van der Waals surface area contributed by atoms with E-state index >= 15 is 0 Å². The first-order chi connectivity index (χ1) is 9.13. The summed E-state index contributed by atoms with van der Waals surface area (Å²) in [4.78, 5) is 13.5. The van der Waals surface area contributed by atoms with Crippen molar-refractivity contribution in [1.82, 2.24) is 9.62 Å². The number of rotatable bonds is 2. The third kappa shape index (κ3) is 2.78. The van der Waals surface area contributed by atoms with Crippen LogP contribution in [0.5, 0.6) is 0 Å². The second-order valence-corrected chi connectivity index (χ2v) is 7.12. The Labute approximate surface area is 115 Å². The van der Waals surface area contributed by atoms with Gasteiger partial charge in [-0.2, -0.15) is 21.6 Å². The highest BCUT2D eigenvalue weighted by atomic mass is 32.2. The average Bonchev–Trinajstić information content (AvgIpc) is 2.66. The maximum atomic E-state index is 12.3. The second-order valence-electron chi connectivity index (χ2n) is 5.44. The molecule has 1 amide bonds. The second kappa shape index (κ2) is 5.18. The minimum atomic E-state index is -5.62. The molecule has 1 aliphatic heterocycles. The van der Waals surface area contributed by atoms with E-state index < -0.39 is 27.5 Å². The van der Waals surface area contributed by atoms with Gasteiger partial charge in [-0.1, -0.05) is 12.8 Å². The molecule has 1 heterocycles. The molecule has 0 spiro atoms. The van der Waals surface area contributed by atoms with Crippen LogP contribution < -0.4 is 4.72 Å². The van der Waals surface area contributed by atoms with Crippen molar-refractivity contribution in [2.45, 2.75) is 49.7 Å². The van der Waals surface area contributed by atoms with Crippen LogP contribution >= 0.6 is 0 Å². The molecular formula is C11H17F3N2O3S. The number of hydrogen-bond donors (Lipinski definition) is 1. The summed E-state index contributed by atoms with van der Waals surface area (Å²) >= 11 is 0. The van der Waals surface area contributed by atoms with E-state index in [0.29, 0.717) is 6.42 Å². The summed E-state index contributed by atoms with van der Waals surface area (Å²) < 4.78 is 59.8. The van der Waals surface area contributed by atoms with Crippen LogP contribution in [0.1, 0.15) is 32.1 Å². The van der Waals surface area contributed by atoms with Gasteiger partial charge in [0.1, 0.15) is 0 Å². The number of nitrogens with one attached hydrogen (secondary N) is 1. The Kier molecular flexibility index (Phi) is 4.03. The van der Waals surface area contributed by atoms with Crippen LogP contribution in [0, 0.1) is 5.92 Å². The van der Waals surface area contributed by atoms with Crippen molar-refractivity contribution in [2.24, 2.45) is 5.92 Å². The maximum Gasteiger partial charge on any atom is 0.516 e. The fourth-order valence-corrected chi connectivity index (χ4v) is 3.75. The Bertz CT molecular complexity index is 492. The van der Waals surface area contributed by atoms with Crippen molar-refractivity contribution in [1.29, 1.82) is 0 Å². The van der Waals surface area contributed by atoms with Crippen molar-refractivity contribution >= 4 is 15.9 Å². The maximum absolute atomic E-state index is 12.3. The molecule has 1 aliphatic carbocycles. The summed E-state index contributed by atoms with van der Waals surface area (Å²) in [5.41, 5.74) is -5.47. The van der Waals surface area contributed by atoms with Gasteiger partial charge in [0.15, 0.2) is 0 Å². The van der Waals surface area contributed by atoms with Crippen molar-refractivity contribution in [3.05, 3.63) is 0 Å². The molecule has 1 saturated heterocycles. The first-order valence-electron chi connectivity index (χ1n) is 6.48. The van der Waals surface area contributed by atoms with Gasteiger partial charge in [-0.3, -0.25) is 9.69 Å². The molecule has 2 fully saturated rings. The van der Waals surface area contributed by atoms with Crippen LogP contribution in [0.4, 0.5) is 13.2 Å². The van der Waals surface area contributed by atoms with Gasteiger partial charge in [0.25, 0.3) is 5.91 Å². The molecule has 3 unspecified atom stereocenters. The standard InChI is InChI=1S/C11H17F3N2O3S/c1-16-8-5-3-2-4-7(8)6-9(16)10(17)15-20(18,19)11(12,13)14/h7-9H,2-6H2,1H3,(H,15,17). The van der Waals surface area contributed by atoms with E-state index in [1.165, 1.54) is 0 Å². The zero-order valence-electron chi connectivity index (χ0n) is 11.0. The molecular weight excluding hydrogens is 297 g/mol. The molecule has 0 aromatic carbocycles. The van der Waals surface area contributed by atoms with Gasteiger partial charge in [0.05, 0.1) is 6.04 Å². The first-order valence-corrected chi connectivity index (χ1v) is 7.96. The Morgan fingerprint density at radius 3 is 2.40 bits per heavy atom. The lowest BCUT2D eigenvalue weighted by Crippen LogP contribution is -2.49. The number of fused-ring (bicyclic) bond motifs is 1. The van der Waals surface area contributed by atoms with E-state index in [2.05, 4.69) is 0 Å². The number of hydrogen-bond acceptors (Lipinski definition) is 4. The Morgan fingerprint density at radius 2 is 1.85 bits per heavy atom. The van der Waals surface area contributed by atoms with Gasteiger partial charge < -0.3 is 0 Å². The first kappa shape index (κ1) is 15.6. The zero-order chi connectivity index (χ0) is 15.1. The number of carbonyl (C=O) groups is 1. The molecule has 2 rings (SSSR count). The molecule has 2 aliphatic rings. The number of sulfonamides is 1. The van der Waals surface area contributed by atoms with Gasteiger partial charge in [-0.25, -0.2) is 4.72 Å². The van der Waals surface area contributed by atoms with E-state index in [1.807, 2.05) is 0 Å². The van der Waals surface area contributed by atoms with Crippen molar-refractivity contribution in [3.8, 4) is 0 Å². The minimum absolute atomic E-state index is 0.160. The molecule has 1 N–H and O–H groups in total. The quantitative estimate of drug-likeness (QED) is 0.832. The Morgan fingerprint density at radius 1 is 1.25 bits per heavy atom. The van der Waals surface area contributed by atoms with Crippen LogP contribution in [-0.2, 0) is 14.8 Å². The molecule has 0 bridgehead atoms. The molecule has 1 saturated carbocycles. The number of nitrogens with zero attached hydrogens (tertiary/aromatic N) is 1. The molecule has 0 aromatic heterocycles. The number of alkyl halides is 3. The molecule has 3 atom stereocenters.